The zero-order valence-corrected chi connectivity index (χ0v) is 13.2. The summed E-state index contributed by atoms with van der Waals surface area (Å²) in [4.78, 5) is 16.6. The number of nitrogens with one attached hydrogen (secondary N) is 1. The van der Waals surface area contributed by atoms with Crippen LogP contribution in [0.5, 0.6) is 0 Å². The lowest BCUT2D eigenvalue weighted by Crippen LogP contribution is -2.54. The van der Waals surface area contributed by atoms with Crippen molar-refractivity contribution in [1.82, 2.24) is 15.1 Å². The summed E-state index contributed by atoms with van der Waals surface area (Å²) in [7, 11) is 1.94. The highest BCUT2D eigenvalue weighted by Crippen LogP contribution is 2.20. The number of carbonyl (C=O) groups is 1. The highest BCUT2D eigenvalue weighted by Gasteiger charge is 2.31. The summed E-state index contributed by atoms with van der Waals surface area (Å²) in [5.41, 5.74) is -0.0296. The first-order valence-electron chi connectivity index (χ1n) is 7.67. The number of unbranched alkanes of at least 4 members (excludes halogenated alkanes) is 2. The summed E-state index contributed by atoms with van der Waals surface area (Å²) in [6, 6.07) is 0. The Labute approximate surface area is 118 Å². The van der Waals surface area contributed by atoms with Crippen LogP contribution < -0.4 is 5.32 Å². The molecular weight excluding hydrogens is 238 g/mol. The van der Waals surface area contributed by atoms with Crippen LogP contribution in [0, 0.1) is 0 Å². The minimum atomic E-state index is -0.0296. The van der Waals surface area contributed by atoms with E-state index in [9.17, 15) is 4.79 Å². The second-order valence-electron chi connectivity index (χ2n) is 6.25. The van der Waals surface area contributed by atoms with Crippen LogP contribution in [0.4, 0.5) is 0 Å². The molecule has 1 aliphatic heterocycles. The molecule has 0 unspecified atom stereocenters. The lowest BCUT2D eigenvalue weighted by molar-refractivity contribution is -0.132. The van der Waals surface area contributed by atoms with Crippen LogP contribution in [-0.2, 0) is 4.79 Å². The monoisotopic (exact) mass is 269 g/mol. The first-order chi connectivity index (χ1) is 8.97. The van der Waals surface area contributed by atoms with E-state index in [4.69, 9.17) is 0 Å². The molecule has 1 rings (SSSR count). The van der Waals surface area contributed by atoms with Crippen LogP contribution in [-0.4, -0.2) is 61.0 Å². The van der Waals surface area contributed by atoms with Crippen molar-refractivity contribution < 1.29 is 4.79 Å². The van der Waals surface area contributed by atoms with Crippen LogP contribution >= 0.6 is 0 Å². The smallest absolute Gasteiger partial charge is 0.224 e. The van der Waals surface area contributed by atoms with Gasteiger partial charge in [-0.25, -0.2) is 0 Å². The van der Waals surface area contributed by atoms with Crippen molar-refractivity contribution in [3.63, 3.8) is 0 Å². The van der Waals surface area contributed by atoms with Crippen molar-refractivity contribution in [3.05, 3.63) is 0 Å². The number of rotatable bonds is 7. The molecule has 0 spiro atoms. The van der Waals surface area contributed by atoms with Crippen molar-refractivity contribution in [2.75, 3.05) is 39.8 Å². The second-order valence-corrected chi connectivity index (χ2v) is 6.25. The Balaban J connectivity index is 2.40. The van der Waals surface area contributed by atoms with E-state index in [0.717, 1.165) is 39.1 Å². The second kappa shape index (κ2) is 7.85. The quantitative estimate of drug-likeness (QED) is 0.715. The van der Waals surface area contributed by atoms with E-state index in [1.54, 1.807) is 0 Å². The molecule has 1 N–H and O–H groups in total. The number of hydrogen-bond donors (Lipinski definition) is 1. The maximum atomic E-state index is 12.3. The maximum Gasteiger partial charge on any atom is 0.224 e. The maximum absolute atomic E-state index is 12.3. The summed E-state index contributed by atoms with van der Waals surface area (Å²) >= 11 is 0. The molecule has 0 aromatic heterocycles. The van der Waals surface area contributed by atoms with Gasteiger partial charge in [0.25, 0.3) is 0 Å². The number of amides is 1. The van der Waals surface area contributed by atoms with Crippen molar-refractivity contribution in [2.45, 2.75) is 52.0 Å². The SMILES string of the molecule is CCCCCN(C)C(=O)CC(C)(C)N1CCNCC1. The van der Waals surface area contributed by atoms with Gasteiger partial charge in [-0.3, -0.25) is 9.69 Å². The van der Waals surface area contributed by atoms with E-state index in [0.29, 0.717) is 6.42 Å². The molecule has 112 valence electrons. The van der Waals surface area contributed by atoms with E-state index in [1.165, 1.54) is 12.8 Å². The van der Waals surface area contributed by atoms with Gasteiger partial charge in [-0.1, -0.05) is 19.8 Å². The number of piperazine rings is 1. The third-order valence-electron chi connectivity index (χ3n) is 4.08. The van der Waals surface area contributed by atoms with Crippen molar-refractivity contribution in [3.8, 4) is 0 Å². The minimum absolute atomic E-state index is 0.0296. The third-order valence-corrected chi connectivity index (χ3v) is 4.08. The van der Waals surface area contributed by atoms with Crippen LogP contribution in [0.2, 0.25) is 0 Å². The lowest BCUT2D eigenvalue weighted by Gasteiger charge is -2.41. The van der Waals surface area contributed by atoms with Gasteiger partial charge < -0.3 is 10.2 Å². The average Bonchev–Trinajstić information content (AvgIpc) is 2.39. The van der Waals surface area contributed by atoms with Gasteiger partial charge in [-0.2, -0.15) is 0 Å². The Bertz CT molecular complexity index is 273. The fraction of sp³-hybridized carbons (Fsp3) is 0.933. The van der Waals surface area contributed by atoms with Gasteiger partial charge in [0.2, 0.25) is 5.91 Å². The fourth-order valence-electron chi connectivity index (χ4n) is 2.61. The van der Waals surface area contributed by atoms with Gasteiger partial charge in [-0.15, -0.1) is 0 Å². The lowest BCUT2D eigenvalue weighted by atomic mass is 9.96. The molecular formula is C15H31N3O. The normalized spacial score (nSPS) is 17.5. The van der Waals surface area contributed by atoms with E-state index in [2.05, 4.69) is 31.0 Å². The highest BCUT2D eigenvalue weighted by atomic mass is 16.2. The Morgan fingerprint density at radius 2 is 1.89 bits per heavy atom. The van der Waals surface area contributed by atoms with Crippen LogP contribution in [0.1, 0.15) is 46.5 Å². The predicted octanol–water partition coefficient (Wildman–Crippen LogP) is 1.71. The zero-order chi connectivity index (χ0) is 14.3. The van der Waals surface area contributed by atoms with Gasteiger partial charge in [0.1, 0.15) is 0 Å². The van der Waals surface area contributed by atoms with E-state index < -0.39 is 0 Å². The topological polar surface area (TPSA) is 35.6 Å². The van der Waals surface area contributed by atoms with Crippen LogP contribution in [0.25, 0.3) is 0 Å². The molecule has 19 heavy (non-hydrogen) atoms. The Morgan fingerprint density at radius 3 is 2.47 bits per heavy atom. The number of nitrogens with zero attached hydrogens (tertiary/aromatic N) is 2. The van der Waals surface area contributed by atoms with Crippen LogP contribution in [0.3, 0.4) is 0 Å². The summed E-state index contributed by atoms with van der Waals surface area (Å²) in [5.74, 6) is 0.277. The minimum Gasteiger partial charge on any atom is -0.346 e. The number of carbonyl (C=O) groups excluding carboxylic acids is 1. The average molecular weight is 269 g/mol. The summed E-state index contributed by atoms with van der Waals surface area (Å²) in [5, 5.41) is 3.36. The Morgan fingerprint density at radius 1 is 1.26 bits per heavy atom. The van der Waals surface area contributed by atoms with E-state index >= 15 is 0 Å². The molecule has 0 atom stereocenters. The molecule has 1 heterocycles. The van der Waals surface area contributed by atoms with Crippen molar-refractivity contribution in [2.24, 2.45) is 0 Å². The Hall–Kier alpha value is -0.610. The van der Waals surface area contributed by atoms with Crippen molar-refractivity contribution >= 4 is 5.91 Å². The van der Waals surface area contributed by atoms with E-state index in [1.807, 2.05) is 11.9 Å². The molecule has 1 saturated heterocycles. The third kappa shape index (κ3) is 5.49. The fourth-order valence-corrected chi connectivity index (χ4v) is 2.61. The number of hydrogen-bond acceptors (Lipinski definition) is 3. The largest absolute Gasteiger partial charge is 0.346 e. The molecule has 0 aliphatic carbocycles. The molecule has 0 saturated carbocycles. The molecule has 1 fully saturated rings. The molecule has 0 aromatic carbocycles. The van der Waals surface area contributed by atoms with Gasteiger partial charge in [-0.05, 0) is 20.3 Å². The Kier molecular flexibility index (Phi) is 6.80. The molecule has 1 aliphatic rings. The van der Waals surface area contributed by atoms with Gasteiger partial charge in [0, 0.05) is 51.7 Å². The molecule has 0 aromatic rings. The molecule has 4 heteroatoms. The van der Waals surface area contributed by atoms with Gasteiger partial charge in [0.15, 0.2) is 0 Å². The first kappa shape index (κ1) is 16.4. The van der Waals surface area contributed by atoms with Gasteiger partial charge in [0.05, 0.1) is 0 Å². The zero-order valence-electron chi connectivity index (χ0n) is 13.2. The summed E-state index contributed by atoms with van der Waals surface area (Å²) < 4.78 is 0. The van der Waals surface area contributed by atoms with E-state index in [-0.39, 0.29) is 11.4 Å². The molecule has 4 nitrogen and oxygen atoms in total. The standard InChI is InChI=1S/C15H31N3O/c1-5-6-7-10-17(4)14(19)13-15(2,3)18-11-8-16-9-12-18/h16H,5-13H2,1-4H3. The molecule has 1 amide bonds. The molecule has 0 bridgehead atoms. The molecule has 0 radical (unpaired) electrons. The summed E-state index contributed by atoms with van der Waals surface area (Å²) in [6.07, 6.45) is 4.15. The first-order valence-corrected chi connectivity index (χ1v) is 7.67. The van der Waals surface area contributed by atoms with Crippen LogP contribution in [0.15, 0.2) is 0 Å². The highest BCUT2D eigenvalue weighted by molar-refractivity contribution is 5.77. The van der Waals surface area contributed by atoms with Crippen molar-refractivity contribution in [1.29, 1.82) is 0 Å². The van der Waals surface area contributed by atoms with Gasteiger partial charge >= 0.3 is 0 Å². The predicted molar refractivity (Wildman–Crippen MR) is 80.3 cm³/mol. The summed E-state index contributed by atoms with van der Waals surface area (Å²) in [6.45, 7) is 11.6.